The summed E-state index contributed by atoms with van der Waals surface area (Å²) in [4.78, 5) is 2.88. The first-order chi connectivity index (χ1) is 14.8. The van der Waals surface area contributed by atoms with Crippen LogP contribution in [0.1, 0.15) is 60.3 Å². The quantitative estimate of drug-likeness (QED) is 0.418. The fraction of sp³-hybridized carbons (Fsp3) is 0.379. The Morgan fingerprint density at radius 2 is 1.32 bits per heavy atom. The second-order valence-corrected chi connectivity index (χ2v) is 9.28. The van der Waals surface area contributed by atoms with E-state index < -0.39 is 0 Å². The lowest BCUT2D eigenvalue weighted by atomic mass is 9.72. The van der Waals surface area contributed by atoms with Gasteiger partial charge in [-0.15, -0.1) is 12.4 Å². The molecule has 0 radical (unpaired) electrons. The molecule has 0 amide bonds. The molecule has 1 unspecified atom stereocenters. The molecule has 1 aliphatic heterocycles. The number of hydrogen-bond donors (Lipinski definition) is 0. The molecule has 31 heavy (non-hydrogen) atoms. The van der Waals surface area contributed by atoms with Gasteiger partial charge < -0.3 is 0 Å². The predicted octanol–water partition coefficient (Wildman–Crippen LogP) is 7.04. The van der Waals surface area contributed by atoms with Gasteiger partial charge in [-0.05, 0) is 73.9 Å². The normalized spacial score (nSPS) is 20.9. The van der Waals surface area contributed by atoms with Crippen molar-refractivity contribution in [3.05, 3.63) is 107 Å². The Bertz CT molecular complexity index is 915. The highest BCUT2D eigenvalue weighted by Crippen LogP contribution is 2.41. The zero-order valence-electron chi connectivity index (χ0n) is 18.4. The smallest absolute Gasteiger partial charge is 0.0253 e. The van der Waals surface area contributed by atoms with Crippen molar-refractivity contribution in [2.45, 2.75) is 56.4 Å². The zero-order chi connectivity index (χ0) is 20.2. The van der Waals surface area contributed by atoms with Gasteiger partial charge in [0.1, 0.15) is 0 Å². The third kappa shape index (κ3) is 4.73. The fourth-order valence-corrected chi connectivity index (χ4v) is 5.95. The van der Waals surface area contributed by atoms with Gasteiger partial charge in [-0.1, -0.05) is 91.3 Å². The van der Waals surface area contributed by atoms with Gasteiger partial charge in [0.15, 0.2) is 0 Å². The summed E-state index contributed by atoms with van der Waals surface area (Å²) in [6.45, 7) is 2.45. The number of hydrogen-bond acceptors (Lipinski definition) is 1. The Balaban J connectivity index is 0.00000231. The van der Waals surface area contributed by atoms with E-state index in [-0.39, 0.29) is 12.4 Å². The molecule has 1 fully saturated rings. The summed E-state index contributed by atoms with van der Waals surface area (Å²) < 4.78 is 0. The lowest BCUT2D eigenvalue weighted by molar-refractivity contribution is 0.0321. The third-order valence-electron chi connectivity index (χ3n) is 7.58. The zero-order valence-corrected chi connectivity index (χ0v) is 19.2. The molecular formula is C29H34ClN. The van der Waals surface area contributed by atoms with Crippen molar-refractivity contribution >= 4 is 12.4 Å². The number of rotatable bonds is 5. The molecule has 162 valence electrons. The standard InChI is InChI=1S/C29H33N.ClH/c1-3-12-25(13-4-1)28(26-14-5-2-6-15-26)18-22-30-21-10-9-19-29(30)20-17-24-11-7-8-16-27(24)23-29;/h1-8,11-16,28H,9-10,17-23H2;1H. The van der Waals surface area contributed by atoms with E-state index in [1.165, 1.54) is 69.2 Å². The molecule has 0 N–H and O–H groups in total. The summed E-state index contributed by atoms with van der Waals surface area (Å²) in [6.07, 6.45) is 9.10. The minimum absolute atomic E-state index is 0. The van der Waals surface area contributed by atoms with Crippen molar-refractivity contribution in [3.8, 4) is 0 Å². The number of fused-ring (bicyclic) bond motifs is 1. The number of benzene rings is 3. The molecule has 0 saturated carbocycles. The van der Waals surface area contributed by atoms with Crippen molar-refractivity contribution in [1.82, 2.24) is 4.90 Å². The molecule has 3 aromatic carbocycles. The highest BCUT2D eigenvalue weighted by molar-refractivity contribution is 5.85. The lowest BCUT2D eigenvalue weighted by Gasteiger charge is -2.50. The van der Waals surface area contributed by atoms with Crippen molar-refractivity contribution in [1.29, 1.82) is 0 Å². The molecule has 5 rings (SSSR count). The van der Waals surface area contributed by atoms with Crippen LogP contribution in [0.3, 0.4) is 0 Å². The summed E-state index contributed by atoms with van der Waals surface area (Å²) in [6, 6.07) is 31.4. The van der Waals surface area contributed by atoms with Crippen molar-refractivity contribution in [2.75, 3.05) is 13.1 Å². The van der Waals surface area contributed by atoms with E-state index in [4.69, 9.17) is 0 Å². The third-order valence-corrected chi connectivity index (χ3v) is 7.58. The van der Waals surface area contributed by atoms with Gasteiger partial charge >= 0.3 is 0 Å². The van der Waals surface area contributed by atoms with Crippen LogP contribution in [-0.2, 0) is 12.8 Å². The van der Waals surface area contributed by atoms with E-state index in [2.05, 4.69) is 89.8 Å². The molecule has 1 spiro atoms. The summed E-state index contributed by atoms with van der Waals surface area (Å²) in [5.41, 5.74) is 6.45. The Labute approximate surface area is 193 Å². The van der Waals surface area contributed by atoms with Crippen LogP contribution in [0.4, 0.5) is 0 Å². The van der Waals surface area contributed by atoms with E-state index in [1.54, 1.807) is 11.1 Å². The molecule has 1 saturated heterocycles. The van der Waals surface area contributed by atoms with Crippen LogP contribution in [0, 0.1) is 0 Å². The van der Waals surface area contributed by atoms with E-state index in [0.717, 1.165) is 0 Å². The first-order valence-corrected chi connectivity index (χ1v) is 11.8. The van der Waals surface area contributed by atoms with Gasteiger partial charge in [0.2, 0.25) is 0 Å². The maximum absolute atomic E-state index is 2.88. The Kier molecular flexibility index (Phi) is 7.15. The van der Waals surface area contributed by atoms with Gasteiger partial charge in [0.05, 0.1) is 0 Å². The number of piperidine rings is 1. The highest BCUT2D eigenvalue weighted by Gasteiger charge is 2.41. The van der Waals surface area contributed by atoms with Gasteiger partial charge in [-0.2, -0.15) is 0 Å². The van der Waals surface area contributed by atoms with Crippen molar-refractivity contribution in [3.63, 3.8) is 0 Å². The largest absolute Gasteiger partial charge is 0.297 e. The first kappa shape index (κ1) is 22.1. The maximum Gasteiger partial charge on any atom is 0.0253 e. The molecule has 2 aliphatic rings. The summed E-state index contributed by atoms with van der Waals surface area (Å²) in [5, 5.41) is 0. The first-order valence-electron chi connectivity index (χ1n) is 11.8. The molecule has 0 bridgehead atoms. The number of halogens is 1. The number of nitrogens with zero attached hydrogens (tertiary/aromatic N) is 1. The van der Waals surface area contributed by atoms with Gasteiger partial charge in [0.25, 0.3) is 0 Å². The molecule has 1 heterocycles. The van der Waals surface area contributed by atoms with Crippen LogP contribution in [0.25, 0.3) is 0 Å². The second kappa shape index (κ2) is 10.0. The second-order valence-electron chi connectivity index (χ2n) is 9.28. The molecule has 0 aromatic heterocycles. The fourth-order valence-electron chi connectivity index (χ4n) is 5.95. The number of aryl methyl sites for hydroxylation is 1. The molecular weight excluding hydrogens is 398 g/mol. The monoisotopic (exact) mass is 431 g/mol. The van der Waals surface area contributed by atoms with E-state index >= 15 is 0 Å². The van der Waals surface area contributed by atoms with Gasteiger partial charge in [-0.25, -0.2) is 0 Å². The molecule has 1 aliphatic carbocycles. The van der Waals surface area contributed by atoms with Crippen LogP contribution < -0.4 is 0 Å². The van der Waals surface area contributed by atoms with Crippen LogP contribution in [0.5, 0.6) is 0 Å². The van der Waals surface area contributed by atoms with Crippen molar-refractivity contribution < 1.29 is 0 Å². The molecule has 3 aromatic rings. The van der Waals surface area contributed by atoms with Gasteiger partial charge in [0, 0.05) is 11.5 Å². The van der Waals surface area contributed by atoms with E-state index in [0.29, 0.717) is 11.5 Å². The topological polar surface area (TPSA) is 3.24 Å². The minimum atomic E-state index is 0. The van der Waals surface area contributed by atoms with Gasteiger partial charge in [-0.3, -0.25) is 4.90 Å². The SMILES string of the molecule is Cl.c1ccc(C(CCN2CCCCC23CCc2ccccc2C3)c2ccccc2)cc1. The summed E-state index contributed by atoms with van der Waals surface area (Å²) >= 11 is 0. The lowest BCUT2D eigenvalue weighted by Crippen LogP contribution is -2.55. The van der Waals surface area contributed by atoms with E-state index in [9.17, 15) is 0 Å². The summed E-state index contributed by atoms with van der Waals surface area (Å²) in [5.74, 6) is 0.474. The van der Waals surface area contributed by atoms with Crippen LogP contribution >= 0.6 is 12.4 Å². The van der Waals surface area contributed by atoms with Crippen molar-refractivity contribution in [2.24, 2.45) is 0 Å². The molecule has 2 heteroatoms. The van der Waals surface area contributed by atoms with Crippen LogP contribution in [0.15, 0.2) is 84.9 Å². The highest BCUT2D eigenvalue weighted by atomic mass is 35.5. The average molecular weight is 432 g/mol. The predicted molar refractivity (Wildman–Crippen MR) is 133 cm³/mol. The Morgan fingerprint density at radius 1 is 0.710 bits per heavy atom. The molecule has 1 nitrogen and oxygen atoms in total. The average Bonchev–Trinajstić information content (AvgIpc) is 2.82. The number of likely N-dealkylation sites (tertiary alicyclic amines) is 1. The minimum Gasteiger partial charge on any atom is -0.297 e. The maximum atomic E-state index is 2.88. The molecule has 1 atom stereocenters. The van der Waals surface area contributed by atoms with Crippen LogP contribution in [0.2, 0.25) is 0 Å². The van der Waals surface area contributed by atoms with E-state index in [1.807, 2.05) is 0 Å². The Hall–Kier alpha value is -2.09. The summed E-state index contributed by atoms with van der Waals surface area (Å²) in [7, 11) is 0. The van der Waals surface area contributed by atoms with Crippen LogP contribution in [-0.4, -0.2) is 23.5 Å². The Morgan fingerprint density at radius 3 is 2.00 bits per heavy atom.